The van der Waals surface area contributed by atoms with E-state index in [1.807, 2.05) is 19.1 Å². The van der Waals surface area contributed by atoms with Gasteiger partial charge in [0.15, 0.2) is 0 Å². The Hall–Kier alpha value is -1.67. The van der Waals surface area contributed by atoms with E-state index in [1.165, 1.54) is 6.07 Å². The minimum absolute atomic E-state index is 0.150. The van der Waals surface area contributed by atoms with Gasteiger partial charge in [0.2, 0.25) is 0 Å². The molecule has 0 aliphatic carbocycles. The summed E-state index contributed by atoms with van der Waals surface area (Å²) in [7, 11) is 0. The summed E-state index contributed by atoms with van der Waals surface area (Å²) in [6.07, 6.45) is 0.481. The minimum atomic E-state index is 0.150. The van der Waals surface area contributed by atoms with Gasteiger partial charge in [0.1, 0.15) is 11.5 Å². The summed E-state index contributed by atoms with van der Waals surface area (Å²) in [6.45, 7) is 1.92. The van der Waals surface area contributed by atoms with Crippen LogP contribution in [0.15, 0.2) is 36.4 Å². The molecule has 2 aromatic rings. The van der Waals surface area contributed by atoms with E-state index in [-0.39, 0.29) is 11.5 Å². The first-order chi connectivity index (χ1) is 8.06. The summed E-state index contributed by atoms with van der Waals surface area (Å²) >= 11 is 5.76. The Morgan fingerprint density at radius 2 is 1.53 bits per heavy atom. The normalized spacial score (nSPS) is 10.5. The Bertz CT molecular complexity index is 500. The molecule has 0 atom stereocenters. The second-order valence-corrected chi connectivity index (χ2v) is 4.52. The lowest BCUT2D eigenvalue weighted by Crippen LogP contribution is -1.90. The van der Waals surface area contributed by atoms with Gasteiger partial charge in [-0.15, -0.1) is 0 Å². The van der Waals surface area contributed by atoms with Crippen LogP contribution in [-0.2, 0) is 6.42 Å². The number of aryl methyl sites for hydroxylation is 1. The predicted molar refractivity (Wildman–Crippen MR) is 68.8 cm³/mol. The highest BCUT2D eigenvalue weighted by atomic mass is 35.5. The SMILES string of the molecule is Cc1ccc(Cc2ccc(Cl)cc2O)c(O)c1. The third-order valence-electron chi connectivity index (χ3n) is 2.67. The Labute approximate surface area is 105 Å². The molecule has 17 heavy (non-hydrogen) atoms. The number of hydrogen-bond acceptors (Lipinski definition) is 2. The summed E-state index contributed by atoms with van der Waals surface area (Å²) in [4.78, 5) is 0. The van der Waals surface area contributed by atoms with Gasteiger partial charge in [-0.05, 0) is 41.8 Å². The maximum atomic E-state index is 9.79. The molecular formula is C14H13ClO2. The van der Waals surface area contributed by atoms with E-state index < -0.39 is 0 Å². The van der Waals surface area contributed by atoms with Crippen molar-refractivity contribution in [3.05, 3.63) is 58.1 Å². The van der Waals surface area contributed by atoms with Crippen LogP contribution < -0.4 is 0 Å². The van der Waals surface area contributed by atoms with Gasteiger partial charge < -0.3 is 10.2 Å². The lowest BCUT2D eigenvalue weighted by molar-refractivity contribution is 0.463. The standard InChI is InChI=1S/C14H13ClO2/c1-9-2-3-10(13(16)6-9)7-11-4-5-12(15)8-14(11)17/h2-6,8,16-17H,7H2,1H3. The van der Waals surface area contributed by atoms with Crippen molar-refractivity contribution >= 4 is 11.6 Å². The fraction of sp³-hybridized carbons (Fsp3) is 0.143. The van der Waals surface area contributed by atoms with E-state index in [2.05, 4.69) is 0 Å². The number of halogens is 1. The van der Waals surface area contributed by atoms with Crippen molar-refractivity contribution in [2.75, 3.05) is 0 Å². The molecule has 0 saturated carbocycles. The first-order valence-corrected chi connectivity index (χ1v) is 5.70. The Morgan fingerprint density at radius 1 is 0.941 bits per heavy atom. The summed E-state index contributed by atoms with van der Waals surface area (Å²) in [5.41, 5.74) is 2.54. The van der Waals surface area contributed by atoms with Gasteiger partial charge in [-0.25, -0.2) is 0 Å². The van der Waals surface area contributed by atoms with Gasteiger partial charge in [-0.3, -0.25) is 0 Å². The van der Waals surface area contributed by atoms with Crippen LogP contribution >= 0.6 is 11.6 Å². The van der Waals surface area contributed by atoms with Gasteiger partial charge in [-0.1, -0.05) is 29.8 Å². The van der Waals surface area contributed by atoms with E-state index in [9.17, 15) is 10.2 Å². The molecule has 2 N–H and O–H groups in total. The topological polar surface area (TPSA) is 40.5 Å². The van der Waals surface area contributed by atoms with Crippen LogP contribution in [-0.4, -0.2) is 10.2 Å². The minimum Gasteiger partial charge on any atom is -0.508 e. The molecule has 0 aliphatic heterocycles. The van der Waals surface area contributed by atoms with Crippen LogP contribution in [0.5, 0.6) is 11.5 Å². The lowest BCUT2D eigenvalue weighted by Gasteiger charge is -2.07. The molecule has 0 spiro atoms. The molecule has 0 aliphatic rings. The quantitative estimate of drug-likeness (QED) is 0.852. The van der Waals surface area contributed by atoms with Crippen molar-refractivity contribution in [2.45, 2.75) is 13.3 Å². The molecule has 0 heterocycles. The molecule has 0 aromatic heterocycles. The fourth-order valence-electron chi connectivity index (χ4n) is 1.72. The predicted octanol–water partition coefficient (Wildman–Crippen LogP) is 3.65. The molecule has 0 saturated heterocycles. The van der Waals surface area contributed by atoms with E-state index in [0.717, 1.165) is 16.7 Å². The molecule has 88 valence electrons. The van der Waals surface area contributed by atoms with E-state index in [1.54, 1.807) is 18.2 Å². The molecule has 2 aromatic carbocycles. The number of phenolic OH excluding ortho intramolecular Hbond substituents is 2. The molecular weight excluding hydrogens is 236 g/mol. The first-order valence-electron chi connectivity index (χ1n) is 5.32. The average molecular weight is 249 g/mol. The number of aromatic hydroxyl groups is 2. The number of benzene rings is 2. The third-order valence-corrected chi connectivity index (χ3v) is 2.90. The second kappa shape index (κ2) is 4.68. The lowest BCUT2D eigenvalue weighted by atomic mass is 10.0. The summed E-state index contributed by atoms with van der Waals surface area (Å²) < 4.78 is 0. The highest BCUT2D eigenvalue weighted by Crippen LogP contribution is 2.27. The van der Waals surface area contributed by atoms with Crippen molar-refractivity contribution in [1.82, 2.24) is 0 Å². The zero-order valence-electron chi connectivity index (χ0n) is 9.44. The number of phenols is 2. The monoisotopic (exact) mass is 248 g/mol. The third kappa shape index (κ3) is 2.71. The fourth-order valence-corrected chi connectivity index (χ4v) is 1.88. The highest BCUT2D eigenvalue weighted by Gasteiger charge is 2.07. The maximum Gasteiger partial charge on any atom is 0.120 e. The van der Waals surface area contributed by atoms with Crippen LogP contribution in [0.2, 0.25) is 5.02 Å². The molecule has 0 amide bonds. The summed E-state index contributed by atoms with van der Waals surface area (Å²) in [5, 5.41) is 20.0. The Balaban J connectivity index is 2.31. The van der Waals surface area contributed by atoms with Crippen LogP contribution in [0.1, 0.15) is 16.7 Å². The van der Waals surface area contributed by atoms with Crippen LogP contribution in [0.3, 0.4) is 0 Å². The Kier molecular flexibility index (Phi) is 3.25. The van der Waals surface area contributed by atoms with Crippen molar-refractivity contribution < 1.29 is 10.2 Å². The molecule has 0 fully saturated rings. The van der Waals surface area contributed by atoms with E-state index in [4.69, 9.17) is 11.6 Å². The molecule has 2 nitrogen and oxygen atoms in total. The smallest absolute Gasteiger partial charge is 0.120 e. The van der Waals surface area contributed by atoms with E-state index >= 15 is 0 Å². The average Bonchev–Trinajstić information content (AvgIpc) is 2.25. The van der Waals surface area contributed by atoms with Crippen LogP contribution in [0.25, 0.3) is 0 Å². The number of rotatable bonds is 2. The van der Waals surface area contributed by atoms with Gasteiger partial charge in [0.05, 0.1) is 0 Å². The van der Waals surface area contributed by atoms with E-state index in [0.29, 0.717) is 11.4 Å². The zero-order valence-corrected chi connectivity index (χ0v) is 10.2. The second-order valence-electron chi connectivity index (χ2n) is 4.08. The summed E-state index contributed by atoms with van der Waals surface area (Å²) in [5.74, 6) is 0.400. The van der Waals surface area contributed by atoms with Crippen molar-refractivity contribution in [1.29, 1.82) is 0 Å². The molecule has 0 unspecified atom stereocenters. The van der Waals surface area contributed by atoms with Gasteiger partial charge in [0, 0.05) is 11.4 Å². The van der Waals surface area contributed by atoms with Crippen LogP contribution in [0, 0.1) is 6.92 Å². The van der Waals surface area contributed by atoms with Crippen molar-refractivity contribution in [2.24, 2.45) is 0 Å². The van der Waals surface area contributed by atoms with Gasteiger partial charge in [0.25, 0.3) is 0 Å². The maximum absolute atomic E-state index is 9.79. The molecule has 2 rings (SSSR count). The summed E-state index contributed by atoms with van der Waals surface area (Å²) in [6, 6.07) is 10.5. The highest BCUT2D eigenvalue weighted by molar-refractivity contribution is 6.30. The largest absolute Gasteiger partial charge is 0.508 e. The van der Waals surface area contributed by atoms with Crippen molar-refractivity contribution in [3.8, 4) is 11.5 Å². The Morgan fingerprint density at radius 3 is 2.12 bits per heavy atom. The van der Waals surface area contributed by atoms with Crippen LogP contribution in [0.4, 0.5) is 0 Å². The number of hydrogen-bond donors (Lipinski definition) is 2. The van der Waals surface area contributed by atoms with Gasteiger partial charge >= 0.3 is 0 Å². The molecule has 0 bridgehead atoms. The van der Waals surface area contributed by atoms with Gasteiger partial charge in [-0.2, -0.15) is 0 Å². The molecule has 0 radical (unpaired) electrons. The zero-order chi connectivity index (χ0) is 12.4. The van der Waals surface area contributed by atoms with Crippen molar-refractivity contribution in [3.63, 3.8) is 0 Å². The first kappa shape index (κ1) is 11.8. The molecule has 3 heteroatoms.